The van der Waals surface area contributed by atoms with E-state index in [1.165, 1.54) is 5.56 Å². The first-order valence-corrected chi connectivity index (χ1v) is 6.44. The van der Waals surface area contributed by atoms with E-state index in [-0.39, 0.29) is 11.7 Å². The maximum atomic E-state index is 11.4. The Kier molecular flexibility index (Phi) is 4.14. The number of aromatic amines is 1. The molecule has 1 aromatic heterocycles. The zero-order chi connectivity index (χ0) is 14.7. The summed E-state index contributed by atoms with van der Waals surface area (Å²) in [4.78, 5) is 17.7. The zero-order valence-electron chi connectivity index (χ0n) is 12.1. The van der Waals surface area contributed by atoms with E-state index in [2.05, 4.69) is 44.5 Å². The van der Waals surface area contributed by atoms with Gasteiger partial charge < -0.3 is 10.2 Å². The van der Waals surface area contributed by atoms with Crippen LogP contribution in [0.3, 0.4) is 0 Å². The van der Waals surface area contributed by atoms with Crippen LogP contribution in [-0.2, 0) is 0 Å². The van der Waals surface area contributed by atoms with Gasteiger partial charge in [0.05, 0.1) is 0 Å². The molecule has 1 atom stereocenters. The second-order valence-electron chi connectivity index (χ2n) is 4.85. The molecule has 106 valence electrons. The molecule has 1 amide bonds. The Morgan fingerprint density at radius 1 is 1.30 bits per heavy atom. The lowest BCUT2D eigenvalue weighted by Crippen LogP contribution is -2.19. The van der Waals surface area contributed by atoms with Gasteiger partial charge in [-0.25, -0.2) is 4.98 Å². The van der Waals surface area contributed by atoms with Crippen LogP contribution in [0.4, 0.5) is 0 Å². The summed E-state index contributed by atoms with van der Waals surface area (Å²) in [6, 6.07) is 8.38. The zero-order valence-corrected chi connectivity index (χ0v) is 12.1. The standard InChI is InChI=1S/C14H19N5O/c1-9(19(3)4)10-5-7-11(8-6-10)12-16-13(18-17-12)14(20)15-2/h5-9H,1-4H3,(H,15,20)(H,16,17,18)/t9-/m1/s1. The molecule has 1 heterocycles. The number of aromatic nitrogens is 3. The summed E-state index contributed by atoms with van der Waals surface area (Å²) in [6.45, 7) is 2.14. The quantitative estimate of drug-likeness (QED) is 0.884. The maximum Gasteiger partial charge on any atom is 0.288 e. The molecule has 6 nitrogen and oxygen atoms in total. The molecule has 0 radical (unpaired) electrons. The molecule has 0 aliphatic rings. The number of hydrogen-bond acceptors (Lipinski definition) is 4. The van der Waals surface area contributed by atoms with Crippen LogP contribution in [0, 0.1) is 0 Å². The average molecular weight is 273 g/mol. The SMILES string of the molecule is CNC(=O)c1nc(-c2ccc([C@@H](C)N(C)C)cc2)n[nH]1. The van der Waals surface area contributed by atoms with Crippen LogP contribution in [0.1, 0.15) is 29.1 Å². The van der Waals surface area contributed by atoms with Gasteiger partial charge in [0.25, 0.3) is 5.91 Å². The second-order valence-corrected chi connectivity index (χ2v) is 4.85. The van der Waals surface area contributed by atoms with Gasteiger partial charge in [0, 0.05) is 18.7 Å². The highest BCUT2D eigenvalue weighted by Gasteiger charge is 2.12. The minimum absolute atomic E-state index is 0.216. The lowest BCUT2D eigenvalue weighted by Gasteiger charge is -2.20. The summed E-state index contributed by atoms with van der Waals surface area (Å²) in [5.41, 5.74) is 2.10. The predicted molar refractivity (Wildman–Crippen MR) is 77.3 cm³/mol. The highest BCUT2D eigenvalue weighted by Crippen LogP contribution is 2.21. The normalized spacial score (nSPS) is 12.4. The molecule has 6 heteroatoms. The smallest absolute Gasteiger partial charge is 0.288 e. The van der Waals surface area contributed by atoms with Gasteiger partial charge >= 0.3 is 0 Å². The van der Waals surface area contributed by atoms with Gasteiger partial charge in [-0.3, -0.25) is 9.89 Å². The van der Waals surface area contributed by atoms with Crippen molar-refractivity contribution in [3.8, 4) is 11.4 Å². The highest BCUT2D eigenvalue weighted by atomic mass is 16.2. The van der Waals surface area contributed by atoms with Crippen molar-refractivity contribution in [2.75, 3.05) is 21.1 Å². The molecule has 20 heavy (non-hydrogen) atoms. The lowest BCUT2D eigenvalue weighted by atomic mass is 10.1. The number of nitrogens with one attached hydrogen (secondary N) is 2. The van der Waals surface area contributed by atoms with E-state index in [0.29, 0.717) is 11.9 Å². The van der Waals surface area contributed by atoms with Crippen molar-refractivity contribution in [3.63, 3.8) is 0 Å². The van der Waals surface area contributed by atoms with Crippen LogP contribution in [-0.4, -0.2) is 47.1 Å². The Bertz CT molecular complexity index is 588. The molecule has 0 fully saturated rings. The Morgan fingerprint density at radius 2 is 1.95 bits per heavy atom. The lowest BCUT2D eigenvalue weighted by molar-refractivity contribution is 0.0953. The van der Waals surface area contributed by atoms with Gasteiger partial charge in [0.2, 0.25) is 5.82 Å². The van der Waals surface area contributed by atoms with Crippen molar-refractivity contribution in [2.24, 2.45) is 0 Å². The summed E-state index contributed by atoms with van der Waals surface area (Å²) in [5, 5.41) is 9.19. The van der Waals surface area contributed by atoms with E-state index in [1.54, 1.807) is 7.05 Å². The monoisotopic (exact) mass is 273 g/mol. The molecule has 2 N–H and O–H groups in total. The van der Waals surface area contributed by atoms with Crippen LogP contribution in [0.25, 0.3) is 11.4 Å². The minimum atomic E-state index is -0.276. The average Bonchev–Trinajstić information content (AvgIpc) is 2.95. The van der Waals surface area contributed by atoms with Crippen molar-refractivity contribution in [2.45, 2.75) is 13.0 Å². The number of benzene rings is 1. The largest absolute Gasteiger partial charge is 0.352 e. The molecule has 2 rings (SSSR count). The fourth-order valence-electron chi connectivity index (χ4n) is 1.82. The van der Waals surface area contributed by atoms with Gasteiger partial charge in [-0.1, -0.05) is 24.3 Å². The molecule has 1 aromatic carbocycles. The molecule has 0 unspecified atom stereocenters. The molecule has 0 bridgehead atoms. The summed E-state index contributed by atoms with van der Waals surface area (Å²) in [6.07, 6.45) is 0. The molecule has 0 spiro atoms. The van der Waals surface area contributed by atoms with E-state index in [4.69, 9.17) is 0 Å². The van der Waals surface area contributed by atoms with E-state index in [1.807, 2.05) is 26.2 Å². The van der Waals surface area contributed by atoms with Crippen LogP contribution < -0.4 is 5.32 Å². The Hall–Kier alpha value is -2.21. The number of rotatable bonds is 4. The number of carbonyl (C=O) groups is 1. The van der Waals surface area contributed by atoms with E-state index in [9.17, 15) is 4.79 Å². The molecule has 0 saturated carbocycles. The maximum absolute atomic E-state index is 11.4. The number of amides is 1. The third-order valence-electron chi connectivity index (χ3n) is 3.35. The van der Waals surface area contributed by atoms with E-state index < -0.39 is 0 Å². The van der Waals surface area contributed by atoms with Crippen molar-refractivity contribution in [3.05, 3.63) is 35.7 Å². The van der Waals surface area contributed by atoms with Crippen molar-refractivity contribution in [1.82, 2.24) is 25.4 Å². The van der Waals surface area contributed by atoms with E-state index >= 15 is 0 Å². The van der Waals surface area contributed by atoms with Gasteiger partial charge in [-0.15, -0.1) is 0 Å². The Morgan fingerprint density at radius 3 is 2.50 bits per heavy atom. The first kappa shape index (κ1) is 14.2. The van der Waals surface area contributed by atoms with Crippen molar-refractivity contribution >= 4 is 5.91 Å². The molecular weight excluding hydrogens is 254 g/mol. The first-order valence-electron chi connectivity index (χ1n) is 6.44. The third-order valence-corrected chi connectivity index (χ3v) is 3.35. The molecule has 0 aliphatic heterocycles. The summed E-state index contributed by atoms with van der Waals surface area (Å²) in [7, 11) is 5.65. The molecule has 2 aromatic rings. The number of carbonyl (C=O) groups excluding carboxylic acids is 1. The fraction of sp³-hybridized carbons (Fsp3) is 0.357. The van der Waals surface area contributed by atoms with Crippen LogP contribution in [0.5, 0.6) is 0 Å². The van der Waals surface area contributed by atoms with Crippen LogP contribution in [0.2, 0.25) is 0 Å². The number of nitrogens with zero attached hydrogens (tertiary/aromatic N) is 3. The molecule has 0 saturated heterocycles. The van der Waals surface area contributed by atoms with Crippen molar-refractivity contribution < 1.29 is 4.79 Å². The Balaban J connectivity index is 2.22. The van der Waals surface area contributed by atoms with Gasteiger partial charge in [-0.05, 0) is 26.6 Å². The summed E-state index contributed by atoms with van der Waals surface area (Å²) in [5.74, 6) is 0.461. The number of hydrogen-bond donors (Lipinski definition) is 2. The van der Waals surface area contributed by atoms with Gasteiger partial charge in [0.15, 0.2) is 5.82 Å². The highest BCUT2D eigenvalue weighted by molar-refractivity contribution is 5.90. The minimum Gasteiger partial charge on any atom is -0.352 e. The molecular formula is C14H19N5O. The summed E-state index contributed by atoms with van der Waals surface area (Å²) < 4.78 is 0. The number of H-pyrrole nitrogens is 1. The predicted octanol–water partition coefficient (Wildman–Crippen LogP) is 1.45. The Labute approximate surface area is 118 Å². The topological polar surface area (TPSA) is 73.9 Å². The first-order chi connectivity index (χ1) is 9.52. The third kappa shape index (κ3) is 2.85. The van der Waals surface area contributed by atoms with E-state index in [0.717, 1.165) is 5.56 Å². The van der Waals surface area contributed by atoms with Crippen LogP contribution >= 0.6 is 0 Å². The second kappa shape index (κ2) is 5.83. The van der Waals surface area contributed by atoms with Gasteiger partial charge in [0.1, 0.15) is 0 Å². The van der Waals surface area contributed by atoms with Gasteiger partial charge in [-0.2, -0.15) is 5.10 Å². The summed E-state index contributed by atoms with van der Waals surface area (Å²) >= 11 is 0. The fourth-order valence-corrected chi connectivity index (χ4v) is 1.82. The van der Waals surface area contributed by atoms with Crippen LogP contribution in [0.15, 0.2) is 24.3 Å². The van der Waals surface area contributed by atoms with Crippen molar-refractivity contribution in [1.29, 1.82) is 0 Å². The molecule has 0 aliphatic carbocycles.